The van der Waals surface area contributed by atoms with Gasteiger partial charge in [-0.3, -0.25) is 19.3 Å². The number of nitrogens with zero attached hydrogens (tertiary/aromatic N) is 1. The Morgan fingerprint density at radius 1 is 1.08 bits per heavy atom. The minimum absolute atomic E-state index is 0.139. The molecule has 0 saturated heterocycles. The van der Waals surface area contributed by atoms with Crippen LogP contribution in [0.15, 0.2) is 42.5 Å². The highest BCUT2D eigenvalue weighted by atomic mass is 16.2. The topological polar surface area (TPSA) is 78.5 Å². The lowest BCUT2D eigenvalue weighted by molar-refractivity contribution is -0.137. The van der Waals surface area contributed by atoms with Gasteiger partial charge in [-0.05, 0) is 12.0 Å². The van der Waals surface area contributed by atoms with E-state index in [1.54, 1.807) is 0 Å². The predicted octanol–water partition coefficient (Wildman–Crippen LogP) is 0.637. The van der Waals surface area contributed by atoms with Crippen LogP contribution in [-0.4, -0.2) is 47.8 Å². The Hall–Kier alpha value is -2.47. The molecular formula is C18H23N3O3. The van der Waals surface area contributed by atoms with Gasteiger partial charge in [-0.2, -0.15) is 0 Å². The number of rotatable bonds is 8. The highest BCUT2D eigenvalue weighted by molar-refractivity contribution is 6.12. The fraction of sp³-hybridized carbons (Fsp3) is 0.389. The first-order valence-electron chi connectivity index (χ1n) is 8.08. The standard InChI is InChI=1S/C18H23N3O3/c1-13(2)20-15(12-14-6-4-3-5-7-14)18(24)19-10-11-21-16(22)8-9-17(21)23/h3-9,13,15,20H,10-12H2,1-2H3,(H,19,24)/t15-/m0/s1. The van der Waals surface area contributed by atoms with Crippen molar-refractivity contribution in [2.75, 3.05) is 13.1 Å². The van der Waals surface area contributed by atoms with Gasteiger partial charge in [0.05, 0.1) is 6.04 Å². The fourth-order valence-electron chi connectivity index (χ4n) is 2.55. The summed E-state index contributed by atoms with van der Waals surface area (Å²) in [5.74, 6) is -0.814. The summed E-state index contributed by atoms with van der Waals surface area (Å²) in [7, 11) is 0. The van der Waals surface area contributed by atoms with Gasteiger partial charge in [0.25, 0.3) is 11.8 Å². The number of hydrogen-bond acceptors (Lipinski definition) is 4. The number of hydrogen-bond donors (Lipinski definition) is 2. The van der Waals surface area contributed by atoms with E-state index in [9.17, 15) is 14.4 Å². The van der Waals surface area contributed by atoms with Crippen LogP contribution in [-0.2, 0) is 20.8 Å². The first-order chi connectivity index (χ1) is 11.5. The van der Waals surface area contributed by atoms with Gasteiger partial charge in [-0.1, -0.05) is 44.2 Å². The first-order valence-corrected chi connectivity index (χ1v) is 8.08. The molecule has 2 N–H and O–H groups in total. The van der Waals surface area contributed by atoms with Crippen molar-refractivity contribution in [3.8, 4) is 0 Å². The normalized spacial score (nSPS) is 15.2. The molecule has 0 saturated carbocycles. The molecule has 2 rings (SSSR count). The number of nitrogens with one attached hydrogen (secondary N) is 2. The van der Waals surface area contributed by atoms with E-state index < -0.39 is 0 Å². The van der Waals surface area contributed by atoms with Gasteiger partial charge in [-0.15, -0.1) is 0 Å². The molecule has 0 unspecified atom stereocenters. The zero-order chi connectivity index (χ0) is 17.5. The van der Waals surface area contributed by atoms with Crippen molar-refractivity contribution in [1.82, 2.24) is 15.5 Å². The quantitative estimate of drug-likeness (QED) is 0.686. The van der Waals surface area contributed by atoms with E-state index in [1.807, 2.05) is 44.2 Å². The Balaban J connectivity index is 1.88. The van der Waals surface area contributed by atoms with Gasteiger partial charge >= 0.3 is 0 Å². The van der Waals surface area contributed by atoms with Crippen LogP contribution in [0, 0.1) is 0 Å². The van der Waals surface area contributed by atoms with E-state index in [0.717, 1.165) is 10.5 Å². The van der Waals surface area contributed by atoms with Gasteiger partial charge in [0.15, 0.2) is 0 Å². The third kappa shape index (κ3) is 5.03. The Bertz CT molecular complexity index is 608. The molecule has 1 aliphatic heterocycles. The van der Waals surface area contributed by atoms with Crippen LogP contribution in [0.4, 0.5) is 0 Å². The third-order valence-corrected chi connectivity index (χ3v) is 3.67. The number of imide groups is 1. The lowest BCUT2D eigenvalue weighted by Gasteiger charge is -2.22. The summed E-state index contributed by atoms with van der Waals surface area (Å²) in [5.41, 5.74) is 1.07. The molecule has 1 atom stereocenters. The van der Waals surface area contributed by atoms with Crippen molar-refractivity contribution in [2.24, 2.45) is 0 Å². The molecule has 0 spiro atoms. The molecule has 0 aliphatic carbocycles. The van der Waals surface area contributed by atoms with Crippen LogP contribution in [0.25, 0.3) is 0 Å². The van der Waals surface area contributed by atoms with Crippen LogP contribution in [0.1, 0.15) is 19.4 Å². The molecule has 6 heteroatoms. The molecule has 0 fully saturated rings. The van der Waals surface area contributed by atoms with Crippen molar-refractivity contribution in [2.45, 2.75) is 32.4 Å². The van der Waals surface area contributed by atoms with Gasteiger partial charge in [0.1, 0.15) is 0 Å². The predicted molar refractivity (Wildman–Crippen MR) is 91.1 cm³/mol. The van der Waals surface area contributed by atoms with Gasteiger partial charge in [0.2, 0.25) is 5.91 Å². The largest absolute Gasteiger partial charge is 0.353 e. The Labute approximate surface area is 141 Å². The van der Waals surface area contributed by atoms with Crippen molar-refractivity contribution in [3.63, 3.8) is 0 Å². The number of benzene rings is 1. The highest BCUT2D eigenvalue weighted by Gasteiger charge is 2.24. The first kappa shape index (κ1) is 17.9. The summed E-state index contributed by atoms with van der Waals surface area (Å²) in [6, 6.07) is 9.58. The Morgan fingerprint density at radius 3 is 2.29 bits per heavy atom. The van der Waals surface area contributed by atoms with Crippen LogP contribution in [0.3, 0.4) is 0 Å². The molecule has 3 amide bonds. The van der Waals surface area contributed by atoms with Gasteiger partial charge < -0.3 is 10.6 Å². The smallest absolute Gasteiger partial charge is 0.253 e. The van der Waals surface area contributed by atoms with Gasteiger partial charge in [0, 0.05) is 31.3 Å². The lowest BCUT2D eigenvalue weighted by atomic mass is 10.0. The van der Waals surface area contributed by atoms with Crippen LogP contribution >= 0.6 is 0 Å². The monoisotopic (exact) mass is 329 g/mol. The molecule has 1 aliphatic rings. The zero-order valence-corrected chi connectivity index (χ0v) is 14.0. The summed E-state index contributed by atoms with van der Waals surface area (Å²) in [4.78, 5) is 36.5. The molecule has 0 radical (unpaired) electrons. The molecule has 1 aromatic carbocycles. The maximum absolute atomic E-state index is 12.4. The second-order valence-electron chi connectivity index (χ2n) is 6.02. The average molecular weight is 329 g/mol. The fourth-order valence-corrected chi connectivity index (χ4v) is 2.55. The minimum atomic E-state index is -0.365. The van der Waals surface area contributed by atoms with E-state index in [4.69, 9.17) is 0 Å². The van der Waals surface area contributed by atoms with Crippen molar-refractivity contribution in [1.29, 1.82) is 0 Å². The summed E-state index contributed by atoms with van der Waals surface area (Å²) in [6.45, 7) is 4.39. The lowest BCUT2D eigenvalue weighted by Crippen LogP contribution is -2.49. The highest BCUT2D eigenvalue weighted by Crippen LogP contribution is 2.05. The van der Waals surface area contributed by atoms with Crippen LogP contribution in [0.2, 0.25) is 0 Å². The molecule has 0 aromatic heterocycles. The second-order valence-corrected chi connectivity index (χ2v) is 6.02. The van der Waals surface area contributed by atoms with Crippen molar-refractivity contribution in [3.05, 3.63) is 48.0 Å². The molecule has 1 aromatic rings. The van der Waals surface area contributed by atoms with E-state index in [1.165, 1.54) is 12.2 Å². The minimum Gasteiger partial charge on any atom is -0.353 e. The molecule has 24 heavy (non-hydrogen) atoms. The summed E-state index contributed by atoms with van der Waals surface area (Å²) < 4.78 is 0. The third-order valence-electron chi connectivity index (χ3n) is 3.67. The van der Waals surface area contributed by atoms with Crippen molar-refractivity contribution < 1.29 is 14.4 Å². The summed E-state index contributed by atoms with van der Waals surface area (Å²) in [6.07, 6.45) is 3.05. The molecular weight excluding hydrogens is 306 g/mol. The maximum Gasteiger partial charge on any atom is 0.253 e. The van der Waals surface area contributed by atoms with E-state index in [2.05, 4.69) is 10.6 Å². The Morgan fingerprint density at radius 2 is 1.71 bits per heavy atom. The number of carbonyl (C=O) groups is 3. The van der Waals surface area contributed by atoms with E-state index in [-0.39, 0.29) is 42.9 Å². The maximum atomic E-state index is 12.4. The second kappa shape index (κ2) is 8.40. The zero-order valence-electron chi connectivity index (χ0n) is 14.0. The molecule has 6 nitrogen and oxygen atoms in total. The average Bonchev–Trinajstić information content (AvgIpc) is 2.86. The van der Waals surface area contributed by atoms with E-state index >= 15 is 0 Å². The summed E-state index contributed by atoms with van der Waals surface area (Å²) >= 11 is 0. The van der Waals surface area contributed by atoms with E-state index in [0.29, 0.717) is 6.42 Å². The molecule has 1 heterocycles. The molecule has 0 bridgehead atoms. The van der Waals surface area contributed by atoms with Crippen LogP contribution in [0.5, 0.6) is 0 Å². The van der Waals surface area contributed by atoms with Crippen molar-refractivity contribution >= 4 is 17.7 Å². The summed E-state index contributed by atoms with van der Waals surface area (Å²) in [5, 5.41) is 6.05. The number of amides is 3. The Kier molecular flexibility index (Phi) is 6.26. The van der Waals surface area contributed by atoms with Crippen LogP contribution < -0.4 is 10.6 Å². The SMILES string of the molecule is CC(C)N[C@@H](Cc1ccccc1)C(=O)NCCN1C(=O)C=CC1=O. The number of carbonyl (C=O) groups excluding carboxylic acids is 3. The molecule has 128 valence electrons. The van der Waals surface area contributed by atoms with Gasteiger partial charge in [-0.25, -0.2) is 0 Å².